The van der Waals surface area contributed by atoms with Crippen LogP contribution in [0.1, 0.15) is 6.42 Å². The molecular weight excluding hydrogens is 217 g/mol. The second kappa shape index (κ2) is 4.84. The van der Waals surface area contributed by atoms with Crippen molar-refractivity contribution in [2.24, 2.45) is 0 Å². The molecule has 0 rings (SSSR count). The Kier molecular flexibility index (Phi) is 4.67. The van der Waals surface area contributed by atoms with Crippen molar-refractivity contribution >= 4 is 0 Å². The van der Waals surface area contributed by atoms with E-state index >= 15 is 0 Å². The topological polar surface area (TPSA) is 0 Å². The summed E-state index contributed by atoms with van der Waals surface area (Å²) in [7, 11) is 0. The molecule has 3 unspecified atom stereocenters. The second-order valence-electron chi connectivity index (χ2n) is 2.64. The van der Waals surface area contributed by atoms with E-state index in [0.717, 1.165) is 0 Å². The minimum atomic E-state index is -5.52. The summed E-state index contributed by atoms with van der Waals surface area (Å²) in [4.78, 5) is 0. The Balaban J connectivity index is 4.38. The first-order valence-electron chi connectivity index (χ1n) is 3.64. The molecule has 0 bridgehead atoms. The van der Waals surface area contributed by atoms with Crippen LogP contribution in [0.3, 0.4) is 0 Å². The Morgan fingerprint density at radius 2 is 1.36 bits per heavy atom. The minimum Gasteiger partial charge on any atom is -0.244 e. The molecule has 0 N–H and O–H groups in total. The van der Waals surface area contributed by atoms with Crippen LogP contribution in [0, 0.1) is 6.92 Å². The summed E-state index contributed by atoms with van der Waals surface area (Å²) < 4.78 is 83.8. The van der Waals surface area contributed by atoms with Crippen molar-refractivity contribution in [1.29, 1.82) is 0 Å². The lowest BCUT2D eigenvalue weighted by Gasteiger charge is -2.21. The maximum atomic E-state index is 12.4. The van der Waals surface area contributed by atoms with Crippen LogP contribution in [0.2, 0.25) is 0 Å². The predicted molar refractivity (Wildman–Crippen MR) is 35.6 cm³/mol. The maximum Gasteiger partial charge on any atom is 0.422 e. The molecule has 0 saturated carbocycles. The molecule has 1 radical (unpaired) electrons. The van der Waals surface area contributed by atoms with E-state index in [1.807, 2.05) is 0 Å². The summed E-state index contributed by atoms with van der Waals surface area (Å²) in [5, 5.41) is 0. The number of hydrogen-bond acceptors (Lipinski definition) is 0. The van der Waals surface area contributed by atoms with Gasteiger partial charge in [0.25, 0.3) is 0 Å². The first-order chi connectivity index (χ1) is 6.21. The van der Waals surface area contributed by atoms with Crippen LogP contribution in [-0.4, -0.2) is 30.9 Å². The molecule has 0 aromatic carbocycles. The van der Waals surface area contributed by atoms with Gasteiger partial charge in [-0.1, -0.05) is 6.92 Å². The molecular formula is C7H8F7. The second-order valence-corrected chi connectivity index (χ2v) is 2.64. The number of rotatable bonds is 4. The maximum absolute atomic E-state index is 12.4. The van der Waals surface area contributed by atoms with Crippen molar-refractivity contribution in [3.05, 3.63) is 6.92 Å². The van der Waals surface area contributed by atoms with Gasteiger partial charge in [0, 0.05) is 0 Å². The van der Waals surface area contributed by atoms with Gasteiger partial charge in [-0.25, -0.2) is 17.6 Å². The lowest BCUT2D eigenvalue weighted by Crippen LogP contribution is -2.42. The van der Waals surface area contributed by atoms with Crippen LogP contribution in [0.25, 0.3) is 0 Å². The van der Waals surface area contributed by atoms with Gasteiger partial charge >= 0.3 is 6.18 Å². The third-order valence-electron chi connectivity index (χ3n) is 1.52. The van der Waals surface area contributed by atoms with E-state index in [9.17, 15) is 30.7 Å². The molecule has 0 amide bonds. The van der Waals surface area contributed by atoms with Crippen LogP contribution in [-0.2, 0) is 0 Å². The number of halogens is 7. The van der Waals surface area contributed by atoms with E-state index in [1.165, 1.54) is 0 Å². The van der Waals surface area contributed by atoms with E-state index in [1.54, 1.807) is 0 Å². The number of hydrogen-bond donors (Lipinski definition) is 0. The molecule has 0 heterocycles. The van der Waals surface area contributed by atoms with Crippen LogP contribution in [0.5, 0.6) is 0 Å². The van der Waals surface area contributed by atoms with Gasteiger partial charge in [-0.05, 0) is 6.42 Å². The van der Waals surface area contributed by atoms with Crippen molar-refractivity contribution in [3.8, 4) is 0 Å². The molecule has 0 aliphatic carbocycles. The first-order valence-corrected chi connectivity index (χ1v) is 3.64. The molecule has 14 heavy (non-hydrogen) atoms. The van der Waals surface area contributed by atoms with Crippen LogP contribution >= 0.6 is 0 Å². The van der Waals surface area contributed by atoms with Gasteiger partial charge in [0.1, 0.15) is 6.17 Å². The van der Waals surface area contributed by atoms with Crippen LogP contribution in [0.4, 0.5) is 30.7 Å². The van der Waals surface area contributed by atoms with Gasteiger partial charge < -0.3 is 0 Å². The molecule has 0 spiro atoms. The SMILES string of the molecule is [CH2]CC(F)C(F)C(F)[C@H](F)C(F)(F)F. The Bertz CT molecular complexity index is 166. The average Bonchev–Trinajstić information content (AvgIpc) is 2.11. The summed E-state index contributed by atoms with van der Waals surface area (Å²) in [6.45, 7) is 2.83. The Labute approximate surface area is 76.1 Å². The molecule has 0 aromatic rings. The largest absolute Gasteiger partial charge is 0.422 e. The highest BCUT2D eigenvalue weighted by atomic mass is 19.4. The van der Waals surface area contributed by atoms with Crippen molar-refractivity contribution in [2.75, 3.05) is 0 Å². The number of alkyl halides is 7. The van der Waals surface area contributed by atoms with Gasteiger partial charge in [0.05, 0.1) is 0 Å². The van der Waals surface area contributed by atoms with E-state index < -0.39 is 37.3 Å². The molecule has 4 atom stereocenters. The predicted octanol–water partition coefficient (Wildman–Crippen LogP) is 3.13. The van der Waals surface area contributed by atoms with E-state index in [-0.39, 0.29) is 0 Å². The van der Waals surface area contributed by atoms with E-state index in [2.05, 4.69) is 6.92 Å². The van der Waals surface area contributed by atoms with Crippen LogP contribution < -0.4 is 0 Å². The molecule has 85 valence electrons. The van der Waals surface area contributed by atoms with Gasteiger partial charge in [-0.3, -0.25) is 0 Å². The normalized spacial score (nSPS) is 21.4. The fraction of sp³-hybridized carbons (Fsp3) is 0.857. The van der Waals surface area contributed by atoms with Crippen molar-refractivity contribution in [3.63, 3.8) is 0 Å². The monoisotopic (exact) mass is 225 g/mol. The summed E-state index contributed by atoms with van der Waals surface area (Å²) in [6.07, 6.45) is -19.5. The summed E-state index contributed by atoms with van der Waals surface area (Å²) in [6, 6.07) is 0. The molecule has 0 aromatic heterocycles. The summed E-state index contributed by atoms with van der Waals surface area (Å²) in [5.41, 5.74) is 0. The molecule has 0 aliphatic heterocycles. The smallest absolute Gasteiger partial charge is 0.244 e. The van der Waals surface area contributed by atoms with E-state index in [0.29, 0.717) is 0 Å². The molecule has 7 heteroatoms. The third kappa shape index (κ3) is 3.34. The Morgan fingerprint density at radius 3 is 1.64 bits per heavy atom. The lowest BCUT2D eigenvalue weighted by atomic mass is 10.1. The first kappa shape index (κ1) is 13.5. The van der Waals surface area contributed by atoms with Crippen LogP contribution in [0.15, 0.2) is 0 Å². The summed E-state index contributed by atoms with van der Waals surface area (Å²) in [5.74, 6) is 0. The Hall–Kier alpha value is -0.490. The van der Waals surface area contributed by atoms with Gasteiger partial charge in [-0.2, -0.15) is 13.2 Å². The third-order valence-corrected chi connectivity index (χ3v) is 1.52. The Morgan fingerprint density at radius 1 is 0.929 bits per heavy atom. The zero-order chi connectivity index (χ0) is 11.5. The lowest BCUT2D eigenvalue weighted by molar-refractivity contribution is -0.204. The molecule has 0 saturated heterocycles. The fourth-order valence-electron chi connectivity index (χ4n) is 0.701. The quantitative estimate of drug-likeness (QED) is 0.645. The highest BCUT2D eigenvalue weighted by Crippen LogP contribution is 2.30. The minimum absolute atomic E-state index is 0.758. The molecule has 0 nitrogen and oxygen atoms in total. The van der Waals surface area contributed by atoms with E-state index in [4.69, 9.17) is 0 Å². The molecule has 0 fully saturated rings. The van der Waals surface area contributed by atoms with Crippen molar-refractivity contribution < 1.29 is 30.7 Å². The zero-order valence-electron chi connectivity index (χ0n) is 6.87. The van der Waals surface area contributed by atoms with Gasteiger partial charge in [0.2, 0.25) is 6.17 Å². The average molecular weight is 225 g/mol. The highest BCUT2D eigenvalue weighted by Gasteiger charge is 2.50. The van der Waals surface area contributed by atoms with Gasteiger partial charge in [-0.15, -0.1) is 0 Å². The summed E-state index contributed by atoms with van der Waals surface area (Å²) >= 11 is 0. The fourth-order valence-corrected chi connectivity index (χ4v) is 0.701. The highest BCUT2D eigenvalue weighted by molar-refractivity contribution is 4.86. The van der Waals surface area contributed by atoms with Crippen molar-refractivity contribution in [2.45, 2.75) is 37.3 Å². The standard InChI is InChI=1S/C7H8F7/c1-2-3(8)4(9)5(10)6(11)7(12,13)14/h3-6H,1-2H2/t3?,4?,5?,6-/m0/s1. The van der Waals surface area contributed by atoms with Crippen molar-refractivity contribution in [1.82, 2.24) is 0 Å². The zero-order valence-corrected chi connectivity index (χ0v) is 6.87. The van der Waals surface area contributed by atoms with Gasteiger partial charge in [0.15, 0.2) is 12.3 Å². The molecule has 0 aliphatic rings.